The molecule has 0 bridgehead atoms. The number of amides is 1. The molecule has 1 amide bonds. The van der Waals surface area contributed by atoms with E-state index in [1.807, 2.05) is 49.4 Å². The molecular formula is C21H23BrN2O5. The Morgan fingerprint density at radius 3 is 2.10 bits per heavy atom. The monoisotopic (exact) mass is 462 g/mol. The maximum absolute atomic E-state index is 11.8. The van der Waals surface area contributed by atoms with E-state index in [0.29, 0.717) is 18.6 Å². The van der Waals surface area contributed by atoms with Crippen LogP contribution in [0.15, 0.2) is 71.2 Å². The first-order valence-corrected chi connectivity index (χ1v) is 9.40. The molecule has 1 atom stereocenters. The molecule has 1 unspecified atom stereocenters. The van der Waals surface area contributed by atoms with Gasteiger partial charge in [0.2, 0.25) is 5.91 Å². The lowest BCUT2D eigenvalue weighted by molar-refractivity contribution is -0.134. The van der Waals surface area contributed by atoms with Gasteiger partial charge in [0.05, 0.1) is 12.1 Å². The average Bonchev–Trinajstić information content (AvgIpc) is 2.67. The standard InChI is InChI=1S/C17H19BrN2O.C4H4O4/c1-17(20-16(21)12-19,14-7-3-2-4-8-14)11-13-6-5-9-15(18)10-13;5-3(6)1-2-4(7)8/h2-10H,11-12,19H2,1H3,(H,20,21);1-2H,(H,5,6)(H,7,8). The third-order valence-corrected chi connectivity index (χ3v) is 4.32. The Morgan fingerprint density at radius 2 is 1.62 bits per heavy atom. The number of nitrogens with two attached hydrogens (primary N) is 1. The molecule has 2 aromatic carbocycles. The number of carboxylic acid groups (broad SMARTS) is 2. The number of carboxylic acids is 2. The highest BCUT2D eigenvalue weighted by Gasteiger charge is 2.28. The lowest BCUT2D eigenvalue weighted by Gasteiger charge is -2.32. The first kappa shape index (κ1) is 24.1. The second-order valence-corrected chi connectivity index (χ2v) is 7.18. The fourth-order valence-electron chi connectivity index (χ4n) is 2.58. The van der Waals surface area contributed by atoms with Crippen molar-refractivity contribution in [3.63, 3.8) is 0 Å². The highest BCUT2D eigenvalue weighted by Crippen LogP contribution is 2.26. The zero-order valence-corrected chi connectivity index (χ0v) is 17.4. The fourth-order valence-corrected chi connectivity index (χ4v) is 3.03. The molecule has 0 aliphatic rings. The third kappa shape index (κ3) is 9.18. The van der Waals surface area contributed by atoms with Gasteiger partial charge < -0.3 is 21.3 Å². The van der Waals surface area contributed by atoms with Gasteiger partial charge in [0, 0.05) is 16.6 Å². The molecular weight excluding hydrogens is 440 g/mol. The zero-order valence-electron chi connectivity index (χ0n) is 15.8. The summed E-state index contributed by atoms with van der Waals surface area (Å²) >= 11 is 3.48. The van der Waals surface area contributed by atoms with Gasteiger partial charge in [-0.25, -0.2) is 9.59 Å². The summed E-state index contributed by atoms with van der Waals surface area (Å²) in [5.41, 5.74) is 7.18. The number of rotatable bonds is 7. The molecule has 7 nitrogen and oxygen atoms in total. The molecule has 2 aromatic rings. The predicted molar refractivity (Wildman–Crippen MR) is 113 cm³/mol. The van der Waals surface area contributed by atoms with Crippen LogP contribution < -0.4 is 11.1 Å². The van der Waals surface area contributed by atoms with Crippen molar-refractivity contribution in [2.45, 2.75) is 18.9 Å². The molecule has 0 aromatic heterocycles. The molecule has 0 aliphatic carbocycles. The van der Waals surface area contributed by atoms with Crippen molar-refractivity contribution in [3.8, 4) is 0 Å². The summed E-state index contributed by atoms with van der Waals surface area (Å²) in [7, 11) is 0. The van der Waals surface area contributed by atoms with Gasteiger partial charge in [0.25, 0.3) is 0 Å². The summed E-state index contributed by atoms with van der Waals surface area (Å²) in [6.45, 7) is 2.01. The maximum atomic E-state index is 11.8. The number of benzene rings is 2. The SMILES string of the molecule is CC(Cc1cccc(Br)c1)(NC(=O)CN)c1ccccc1.O=C(O)C=CC(=O)O. The molecule has 0 fully saturated rings. The molecule has 8 heteroatoms. The Morgan fingerprint density at radius 1 is 1.03 bits per heavy atom. The van der Waals surface area contributed by atoms with Crippen LogP contribution in [0.4, 0.5) is 0 Å². The van der Waals surface area contributed by atoms with Crippen LogP contribution in [0, 0.1) is 0 Å². The van der Waals surface area contributed by atoms with E-state index >= 15 is 0 Å². The second-order valence-electron chi connectivity index (χ2n) is 6.27. The quantitative estimate of drug-likeness (QED) is 0.468. The fraction of sp³-hybridized carbons (Fsp3) is 0.190. The Balaban J connectivity index is 0.000000447. The average molecular weight is 463 g/mol. The van der Waals surface area contributed by atoms with Crippen LogP contribution in [0.3, 0.4) is 0 Å². The number of hydrogen-bond acceptors (Lipinski definition) is 4. The summed E-state index contributed by atoms with van der Waals surface area (Å²) in [5.74, 6) is -2.67. The van der Waals surface area contributed by atoms with Gasteiger partial charge in [-0.05, 0) is 36.6 Å². The number of carbonyl (C=O) groups excluding carboxylic acids is 1. The summed E-state index contributed by atoms with van der Waals surface area (Å²) in [6, 6.07) is 18.1. The summed E-state index contributed by atoms with van der Waals surface area (Å²) in [5, 5.41) is 18.7. The summed E-state index contributed by atoms with van der Waals surface area (Å²) in [6.07, 6.45) is 1.81. The van der Waals surface area contributed by atoms with Crippen LogP contribution in [0.5, 0.6) is 0 Å². The van der Waals surface area contributed by atoms with Crippen molar-refractivity contribution in [2.75, 3.05) is 6.54 Å². The van der Waals surface area contributed by atoms with Crippen molar-refractivity contribution >= 4 is 33.8 Å². The van der Waals surface area contributed by atoms with Crippen molar-refractivity contribution in [2.24, 2.45) is 5.73 Å². The summed E-state index contributed by atoms with van der Waals surface area (Å²) < 4.78 is 1.03. The van der Waals surface area contributed by atoms with Crippen LogP contribution in [-0.4, -0.2) is 34.6 Å². The largest absolute Gasteiger partial charge is 0.478 e. The van der Waals surface area contributed by atoms with Gasteiger partial charge in [-0.3, -0.25) is 4.79 Å². The van der Waals surface area contributed by atoms with Gasteiger partial charge >= 0.3 is 11.9 Å². The minimum Gasteiger partial charge on any atom is -0.478 e. The van der Waals surface area contributed by atoms with Crippen LogP contribution in [-0.2, 0) is 26.3 Å². The van der Waals surface area contributed by atoms with Crippen LogP contribution >= 0.6 is 15.9 Å². The van der Waals surface area contributed by atoms with E-state index in [1.54, 1.807) is 0 Å². The van der Waals surface area contributed by atoms with Gasteiger partial charge in [0.1, 0.15) is 0 Å². The van der Waals surface area contributed by atoms with E-state index in [9.17, 15) is 14.4 Å². The number of nitrogens with one attached hydrogen (secondary N) is 1. The summed E-state index contributed by atoms with van der Waals surface area (Å²) in [4.78, 5) is 30.9. The van der Waals surface area contributed by atoms with Gasteiger partial charge in [-0.1, -0.05) is 58.4 Å². The van der Waals surface area contributed by atoms with E-state index in [1.165, 1.54) is 0 Å². The Labute approximate surface area is 177 Å². The number of carbonyl (C=O) groups is 3. The molecule has 5 N–H and O–H groups in total. The van der Waals surface area contributed by atoms with E-state index < -0.39 is 17.5 Å². The molecule has 154 valence electrons. The first-order valence-electron chi connectivity index (χ1n) is 8.61. The van der Waals surface area contributed by atoms with E-state index in [2.05, 4.69) is 33.4 Å². The van der Waals surface area contributed by atoms with Crippen LogP contribution in [0.25, 0.3) is 0 Å². The van der Waals surface area contributed by atoms with Crippen molar-refractivity contribution in [1.82, 2.24) is 5.32 Å². The van der Waals surface area contributed by atoms with Gasteiger partial charge in [-0.2, -0.15) is 0 Å². The van der Waals surface area contributed by atoms with Crippen molar-refractivity contribution in [3.05, 3.63) is 82.3 Å². The molecule has 0 aliphatic heterocycles. The molecule has 0 heterocycles. The minimum absolute atomic E-state index is 0.0130. The normalized spacial score (nSPS) is 12.4. The Bertz CT molecular complexity index is 854. The van der Waals surface area contributed by atoms with Crippen molar-refractivity contribution in [1.29, 1.82) is 0 Å². The second kappa shape index (κ2) is 11.8. The highest BCUT2D eigenvalue weighted by molar-refractivity contribution is 9.10. The van der Waals surface area contributed by atoms with Crippen LogP contribution in [0.2, 0.25) is 0 Å². The van der Waals surface area contributed by atoms with E-state index in [4.69, 9.17) is 15.9 Å². The van der Waals surface area contributed by atoms with Crippen molar-refractivity contribution < 1.29 is 24.6 Å². The smallest absolute Gasteiger partial charge is 0.328 e. The Kier molecular flexibility index (Phi) is 9.78. The van der Waals surface area contributed by atoms with Crippen LogP contribution in [0.1, 0.15) is 18.1 Å². The molecule has 0 saturated carbocycles. The van der Waals surface area contributed by atoms with Gasteiger partial charge in [-0.15, -0.1) is 0 Å². The Hall–Kier alpha value is -2.97. The lowest BCUT2D eigenvalue weighted by atomic mass is 9.85. The first-order chi connectivity index (χ1) is 13.7. The number of halogens is 1. The predicted octanol–water partition coefficient (Wildman–Crippen LogP) is 2.69. The number of hydrogen-bond donors (Lipinski definition) is 4. The van der Waals surface area contributed by atoms with E-state index in [0.717, 1.165) is 15.6 Å². The third-order valence-electron chi connectivity index (χ3n) is 3.83. The minimum atomic E-state index is -1.26. The lowest BCUT2D eigenvalue weighted by Crippen LogP contribution is -2.47. The number of aliphatic carboxylic acids is 2. The highest BCUT2D eigenvalue weighted by atomic mass is 79.9. The van der Waals surface area contributed by atoms with E-state index in [-0.39, 0.29) is 12.5 Å². The van der Waals surface area contributed by atoms with Gasteiger partial charge in [0.15, 0.2) is 0 Å². The maximum Gasteiger partial charge on any atom is 0.328 e. The molecule has 2 rings (SSSR count). The molecule has 0 spiro atoms. The molecule has 0 saturated heterocycles. The zero-order chi connectivity index (χ0) is 21.9. The molecule has 0 radical (unpaired) electrons. The molecule has 29 heavy (non-hydrogen) atoms. The topological polar surface area (TPSA) is 130 Å².